The largest absolute Gasteiger partial charge is 0.573 e. The highest BCUT2D eigenvalue weighted by Gasteiger charge is 2.32. The molecule has 1 heterocycles. The fraction of sp³-hybridized carbons (Fsp3) is 0.588. The third-order valence-electron chi connectivity index (χ3n) is 4.38. The van der Waals surface area contributed by atoms with Crippen molar-refractivity contribution in [2.24, 2.45) is 11.7 Å². The third kappa shape index (κ3) is 6.40. The summed E-state index contributed by atoms with van der Waals surface area (Å²) in [6, 6.07) is 5.94. The first-order valence-corrected chi connectivity index (χ1v) is 8.13. The number of likely N-dealkylation sites (tertiary alicyclic amines) is 1. The van der Waals surface area contributed by atoms with Crippen molar-refractivity contribution in [2.45, 2.75) is 45.0 Å². The van der Waals surface area contributed by atoms with Gasteiger partial charge in [0.2, 0.25) is 5.91 Å². The number of nitrogens with two attached hydrogens (primary N) is 1. The summed E-state index contributed by atoms with van der Waals surface area (Å²) in [5.74, 6) is 0.211. The van der Waals surface area contributed by atoms with Gasteiger partial charge in [0, 0.05) is 25.6 Å². The molecule has 2 unspecified atom stereocenters. The molecule has 0 spiro atoms. The number of piperidine rings is 1. The van der Waals surface area contributed by atoms with Crippen LogP contribution >= 0.6 is 12.4 Å². The lowest BCUT2D eigenvalue weighted by molar-refractivity contribution is -0.274. The zero-order valence-electron chi connectivity index (χ0n) is 14.1. The lowest BCUT2D eigenvalue weighted by Crippen LogP contribution is -2.49. The van der Waals surface area contributed by atoms with Crippen molar-refractivity contribution < 1.29 is 22.7 Å². The number of benzene rings is 1. The third-order valence-corrected chi connectivity index (χ3v) is 4.38. The fourth-order valence-electron chi connectivity index (χ4n) is 3.12. The Morgan fingerprint density at radius 2 is 2.04 bits per heavy atom. The Labute approximate surface area is 151 Å². The first-order valence-electron chi connectivity index (χ1n) is 8.13. The van der Waals surface area contributed by atoms with Crippen molar-refractivity contribution in [2.75, 3.05) is 13.1 Å². The summed E-state index contributed by atoms with van der Waals surface area (Å²) in [5.41, 5.74) is 6.13. The van der Waals surface area contributed by atoms with Gasteiger partial charge in [0.15, 0.2) is 0 Å². The summed E-state index contributed by atoms with van der Waals surface area (Å²) in [6.07, 6.45) is -2.60. The minimum absolute atomic E-state index is 0. The molecule has 0 aliphatic carbocycles. The Hall–Kier alpha value is -1.47. The van der Waals surface area contributed by atoms with E-state index < -0.39 is 6.36 Å². The van der Waals surface area contributed by atoms with E-state index in [0.717, 1.165) is 12.8 Å². The maximum atomic E-state index is 12.5. The van der Waals surface area contributed by atoms with Gasteiger partial charge in [0.1, 0.15) is 5.75 Å². The number of nitrogens with zero attached hydrogens (tertiary/aromatic N) is 1. The van der Waals surface area contributed by atoms with E-state index in [9.17, 15) is 18.0 Å². The minimum atomic E-state index is -4.74. The molecule has 2 N–H and O–H groups in total. The van der Waals surface area contributed by atoms with E-state index in [1.165, 1.54) is 12.1 Å². The second kappa shape index (κ2) is 9.29. The van der Waals surface area contributed by atoms with Crippen LogP contribution in [0, 0.1) is 5.92 Å². The monoisotopic (exact) mass is 380 g/mol. The van der Waals surface area contributed by atoms with E-state index in [1.54, 1.807) is 17.0 Å². The van der Waals surface area contributed by atoms with Gasteiger partial charge in [-0.3, -0.25) is 4.79 Å². The Morgan fingerprint density at radius 1 is 1.36 bits per heavy atom. The van der Waals surface area contributed by atoms with E-state index >= 15 is 0 Å². The van der Waals surface area contributed by atoms with E-state index in [0.29, 0.717) is 24.6 Å². The van der Waals surface area contributed by atoms with Crippen LogP contribution < -0.4 is 10.5 Å². The molecule has 1 amide bonds. The van der Waals surface area contributed by atoms with Crippen LogP contribution in [-0.4, -0.2) is 36.3 Å². The summed E-state index contributed by atoms with van der Waals surface area (Å²) < 4.78 is 41.3. The van der Waals surface area contributed by atoms with Crippen molar-refractivity contribution in [3.8, 4) is 5.75 Å². The SMILES string of the molecule is CC1CCN(C(=O)CCc2ccccc2OC(F)(F)F)C(CN)C1.Cl. The van der Waals surface area contributed by atoms with Crippen molar-refractivity contribution in [3.63, 3.8) is 0 Å². The van der Waals surface area contributed by atoms with Gasteiger partial charge >= 0.3 is 6.36 Å². The molecular formula is C17H24ClF3N2O2. The van der Waals surface area contributed by atoms with Crippen LogP contribution in [0.15, 0.2) is 24.3 Å². The fourth-order valence-corrected chi connectivity index (χ4v) is 3.12. The summed E-state index contributed by atoms with van der Waals surface area (Å²) in [6.45, 7) is 3.20. The Kier molecular flexibility index (Phi) is 8.02. The van der Waals surface area contributed by atoms with Gasteiger partial charge in [-0.2, -0.15) is 0 Å². The maximum absolute atomic E-state index is 12.5. The van der Waals surface area contributed by atoms with Gasteiger partial charge in [-0.05, 0) is 36.8 Å². The molecular weight excluding hydrogens is 357 g/mol. The van der Waals surface area contributed by atoms with Gasteiger partial charge in [0.25, 0.3) is 0 Å². The van der Waals surface area contributed by atoms with Gasteiger partial charge in [0.05, 0.1) is 0 Å². The van der Waals surface area contributed by atoms with Crippen LogP contribution in [0.2, 0.25) is 0 Å². The standard InChI is InChI=1S/C17H23F3N2O2.ClH/c1-12-8-9-22(14(10-12)11-21)16(23)7-6-13-4-2-3-5-15(13)24-17(18,19)20;/h2-5,12,14H,6-11,21H2,1H3;1H. The molecule has 1 aromatic carbocycles. The average molecular weight is 381 g/mol. The van der Waals surface area contributed by atoms with Crippen LogP contribution in [0.4, 0.5) is 13.2 Å². The smallest absolute Gasteiger partial charge is 0.406 e. The quantitative estimate of drug-likeness (QED) is 0.850. The molecule has 2 rings (SSSR count). The molecule has 1 aliphatic heterocycles. The van der Waals surface area contributed by atoms with Crippen LogP contribution in [0.1, 0.15) is 31.7 Å². The Bertz CT molecular complexity index is 569. The number of amides is 1. The number of carbonyl (C=O) groups is 1. The summed E-state index contributed by atoms with van der Waals surface area (Å²) >= 11 is 0. The highest BCUT2D eigenvalue weighted by atomic mass is 35.5. The molecule has 25 heavy (non-hydrogen) atoms. The number of carbonyl (C=O) groups excluding carboxylic acids is 1. The molecule has 2 atom stereocenters. The lowest BCUT2D eigenvalue weighted by atomic mass is 9.92. The van der Waals surface area contributed by atoms with E-state index in [4.69, 9.17) is 5.73 Å². The number of halogens is 4. The minimum Gasteiger partial charge on any atom is -0.406 e. The van der Waals surface area contributed by atoms with Gasteiger partial charge < -0.3 is 15.4 Å². The molecule has 0 aromatic heterocycles. The summed E-state index contributed by atoms with van der Waals surface area (Å²) in [7, 11) is 0. The second-order valence-corrected chi connectivity index (χ2v) is 6.26. The Morgan fingerprint density at radius 3 is 2.68 bits per heavy atom. The molecule has 1 aliphatic rings. The predicted molar refractivity (Wildman–Crippen MR) is 91.6 cm³/mol. The van der Waals surface area contributed by atoms with E-state index in [-0.39, 0.29) is 42.9 Å². The number of alkyl halides is 3. The zero-order valence-corrected chi connectivity index (χ0v) is 14.9. The lowest BCUT2D eigenvalue weighted by Gasteiger charge is -2.38. The van der Waals surface area contributed by atoms with Crippen LogP contribution in [-0.2, 0) is 11.2 Å². The zero-order chi connectivity index (χ0) is 17.7. The molecule has 0 saturated carbocycles. The van der Waals surface area contributed by atoms with Crippen molar-refractivity contribution in [1.82, 2.24) is 4.90 Å². The molecule has 8 heteroatoms. The number of aryl methyl sites for hydroxylation is 1. The van der Waals surface area contributed by atoms with Crippen LogP contribution in [0.25, 0.3) is 0 Å². The number of para-hydroxylation sites is 1. The van der Waals surface area contributed by atoms with E-state index in [1.807, 2.05) is 0 Å². The van der Waals surface area contributed by atoms with Crippen molar-refractivity contribution >= 4 is 18.3 Å². The summed E-state index contributed by atoms with van der Waals surface area (Å²) in [4.78, 5) is 14.2. The first-order chi connectivity index (χ1) is 11.3. The van der Waals surface area contributed by atoms with Gasteiger partial charge in [-0.25, -0.2) is 0 Å². The molecule has 0 bridgehead atoms. The molecule has 0 radical (unpaired) electrons. The van der Waals surface area contributed by atoms with Crippen molar-refractivity contribution in [3.05, 3.63) is 29.8 Å². The first kappa shape index (κ1) is 21.6. The van der Waals surface area contributed by atoms with Gasteiger partial charge in [-0.1, -0.05) is 25.1 Å². The van der Waals surface area contributed by atoms with Gasteiger partial charge in [-0.15, -0.1) is 25.6 Å². The van der Waals surface area contributed by atoms with Crippen LogP contribution in [0.5, 0.6) is 5.75 Å². The normalized spacial score (nSPS) is 20.8. The van der Waals surface area contributed by atoms with Crippen molar-refractivity contribution in [1.29, 1.82) is 0 Å². The predicted octanol–water partition coefficient (Wildman–Crippen LogP) is 3.53. The molecule has 1 fully saturated rings. The van der Waals surface area contributed by atoms with E-state index in [2.05, 4.69) is 11.7 Å². The number of hydrogen-bond acceptors (Lipinski definition) is 3. The summed E-state index contributed by atoms with van der Waals surface area (Å²) in [5, 5.41) is 0. The topological polar surface area (TPSA) is 55.6 Å². The second-order valence-electron chi connectivity index (χ2n) is 6.26. The Balaban J connectivity index is 0.00000312. The molecule has 142 valence electrons. The number of ether oxygens (including phenoxy) is 1. The molecule has 1 aromatic rings. The van der Waals surface area contributed by atoms with Crippen LogP contribution in [0.3, 0.4) is 0 Å². The molecule has 4 nitrogen and oxygen atoms in total. The highest BCUT2D eigenvalue weighted by Crippen LogP contribution is 2.28. The maximum Gasteiger partial charge on any atom is 0.573 e. The number of hydrogen-bond donors (Lipinski definition) is 1. The molecule has 1 saturated heterocycles. The number of rotatable bonds is 5. The highest BCUT2D eigenvalue weighted by molar-refractivity contribution is 5.85. The average Bonchev–Trinajstić information content (AvgIpc) is 2.52.